The van der Waals surface area contributed by atoms with Crippen molar-refractivity contribution < 1.29 is 13.9 Å². The van der Waals surface area contributed by atoms with Crippen molar-refractivity contribution in [3.05, 3.63) is 17.8 Å². The molecule has 1 atom stereocenters. The van der Waals surface area contributed by atoms with Crippen LogP contribution in [0.2, 0.25) is 0 Å². The van der Waals surface area contributed by atoms with Gasteiger partial charge in [-0.1, -0.05) is 0 Å². The van der Waals surface area contributed by atoms with E-state index in [9.17, 15) is 8.78 Å². The number of nitrogens with zero attached hydrogens (tertiary/aromatic N) is 1. The van der Waals surface area contributed by atoms with Crippen LogP contribution in [-0.4, -0.2) is 29.2 Å². The van der Waals surface area contributed by atoms with E-state index in [1.807, 2.05) is 0 Å². The molecule has 0 saturated heterocycles. The molecule has 0 spiro atoms. The van der Waals surface area contributed by atoms with Gasteiger partial charge in [-0.05, 0) is 18.6 Å². The number of halogens is 2. The summed E-state index contributed by atoms with van der Waals surface area (Å²) in [7, 11) is 0. The van der Waals surface area contributed by atoms with Gasteiger partial charge in [0.15, 0.2) is 0 Å². The largest absolute Gasteiger partial charge is 0.397 e. The summed E-state index contributed by atoms with van der Waals surface area (Å²) in [6.07, 6.45) is -3.01. The zero-order valence-corrected chi connectivity index (χ0v) is 8.24. The Morgan fingerprint density at radius 1 is 1.60 bits per heavy atom. The summed E-state index contributed by atoms with van der Waals surface area (Å²) < 4.78 is 23.9. The molecule has 0 aromatic carbocycles. The highest BCUT2D eigenvalue weighted by molar-refractivity contribution is 5.50. The molecule has 6 heteroatoms. The van der Waals surface area contributed by atoms with Crippen LogP contribution in [0.3, 0.4) is 0 Å². The average Bonchev–Trinajstić information content (AvgIpc) is 2.19. The number of aliphatic hydroxyl groups excluding tert-OH is 1. The number of anilines is 2. The lowest BCUT2D eigenvalue weighted by Gasteiger charge is -2.11. The molecule has 0 radical (unpaired) electrons. The van der Waals surface area contributed by atoms with Crippen LogP contribution in [0, 0.1) is 6.92 Å². The average molecular weight is 217 g/mol. The first-order chi connectivity index (χ1) is 7.00. The van der Waals surface area contributed by atoms with Crippen molar-refractivity contribution in [2.45, 2.75) is 19.5 Å². The second kappa shape index (κ2) is 4.88. The number of pyridine rings is 1. The summed E-state index contributed by atoms with van der Waals surface area (Å²) in [5.74, 6) is 0.418. The number of aromatic nitrogens is 1. The minimum atomic E-state index is -2.76. The molecule has 1 aromatic heterocycles. The molecule has 84 valence electrons. The van der Waals surface area contributed by atoms with Crippen LogP contribution in [0.5, 0.6) is 0 Å². The minimum Gasteiger partial charge on any atom is -0.397 e. The van der Waals surface area contributed by atoms with Gasteiger partial charge in [-0.3, -0.25) is 0 Å². The number of hydrogen-bond donors (Lipinski definition) is 3. The predicted molar refractivity (Wildman–Crippen MR) is 53.9 cm³/mol. The third-order valence-electron chi connectivity index (χ3n) is 1.93. The van der Waals surface area contributed by atoms with Gasteiger partial charge in [-0.15, -0.1) is 0 Å². The SMILES string of the molecule is Cc1cc(NCC(O)C(F)F)ncc1N. The van der Waals surface area contributed by atoms with E-state index in [1.165, 1.54) is 6.20 Å². The Morgan fingerprint density at radius 2 is 2.27 bits per heavy atom. The maximum Gasteiger partial charge on any atom is 0.265 e. The minimum absolute atomic E-state index is 0.242. The Kier molecular flexibility index (Phi) is 3.79. The van der Waals surface area contributed by atoms with E-state index < -0.39 is 12.5 Å². The van der Waals surface area contributed by atoms with E-state index in [1.54, 1.807) is 13.0 Å². The first-order valence-electron chi connectivity index (χ1n) is 4.43. The molecule has 1 rings (SSSR count). The van der Waals surface area contributed by atoms with Gasteiger partial charge in [-0.25, -0.2) is 13.8 Å². The predicted octanol–water partition coefficient (Wildman–Crippen LogP) is 1.01. The van der Waals surface area contributed by atoms with Gasteiger partial charge in [0.2, 0.25) is 0 Å². The number of aryl methyl sites for hydroxylation is 1. The Labute approximate surface area is 86.1 Å². The number of rotatable bonds is 4. The Bertz CT molecular complexity index is 333. The molecule has 0 aliphatic carbocycles. The number of hydrogen-bond acceptors (Lipinski definition) is 4. The van der Waals surface area contributed by atoms with Gasteiger partial charge < -0.3 is 16.2 Å². The lowest BCUT2D eigenvalue weighted by Crippen LogP contribution is -2.27. The van der Waals surface area contributed by atoms with Gasteiger partial charge in [0.25, 0.3) is 6.43 Å². The zero-order chi connectivity index (χ0) is 11.4. The Balaban J connectivity index is 2.55. The molecule has 0 bridgehead atoms. The van der Waals surface area contributed by atoms with E-state index in [2.05, 4.69) is 10.3 Å². The zero-order valence-electron chi connectivity index (χ0n) is 8.24. The highest BCUT2D eigenvalue weighted by atomic mass is 19.3. The summed E-state index contributed by atoms with van der Waals surface area (Å²) in [4.78, 5) is 3.88. The third kappa shape index (κ3) is 3.32. The Morgan fingerprint density at radius 3 is 2.80 bits per heavy atom. The van der Waals surface area contributed by atoms with Crippen molar-refractivity contribution >= 4 is 11.5 Å². The molecular formula is C9H13F2N3O. The standard InChI is InChI=1S/C9H13F2N3O/c1-5-2-8(13-3-6(5)12)14-4-7(15)9(10)11/h2-3,7,9,15H,4,12H2,1H3,(H,13,14). The summed E-state index contributed by atoms with van der Waals surface area (Å²) in [6.45, 7) is 1.54. The molecule has 0 fully saturated rings. The number of nitrogens with two attached hydrogens (primary N) is 1. The molecule has 0 amide bonds. The lowest BCUT2D eigenvalue weighted by molar-refractivity contribution is 0.00381. The second-order valence-corrected chi connectivity index (χ2v) is 3.21. The van der Waals surface area contributed by atoms with Crippen LogP contribution in [0.15, 0.2) is 12.3 Å². The molecule has 1 aromatic rings. The highest BCUT2D eigenvalue weighted by Gasteiger charge is 2.16. The smallest absolute Gasteiger partial charge is 0.265 e. The monoisotopic (exact) mass is 217 g/mol. The van der Waals surface area contributed by atoms with Crippen molar-refractivity contribution in [2.24, 2.45) is 0 Å². The summed E-state index contributed by atoms with van der Waals surface area (Å²) in [5.41, 5.74) is 6.87. The summed E-state index contributed by atoms with van der Waals surface area (Å²) in [5, 5.41) is 11.4. The van der Waals surface area contributed by atoms with Gasteiger partial charge in [-0.2, -0.15) is 0 Å². The van der Waals surface area contributed by atoms with Gasteiger partial charge in [0, 0.05) is 6.54 Å². The Hall–Kier alpha value is -1.43. The third-order valence-corrected chi connectivity index (χ3v) is 1.93. The maximum atomic E-state index is 11.9. The molecule has 4 nitrogen and oxygen atoms in total. The molecule has 0 aliphatic rings. The van der Waals surface area contributed by atoms with Crippen molar-refractivity contribution in [2.75, 3.05) is 17.6 Å². The fraction of sp³-hybridized carbons (Fsp3) is 0.444. The lowest BCUT2D eigenvalue weighted by atomic mass is 10.2. The van der Waals surface area contributed by atoms with Crippen LogP contribution in [-0.2, 0) is 0 Å². The molecule has 4 N–H and O–H groups in total. The number of aliphatic hydroxyl groups is 1. The first-order valence-corrected chi connectivity index (χ1v) is 4.43. The summed E-state index contributed by atoms with van der Waals surface area (Å²) in [6, 6.07) is 1.63. The molecular weight excluding hydrogens is 204 g/mol. The van der Waals surface area contributed by atoms with Crippen LogP contribution < -0.4 is 11.1 Å². The van der Waals surface area contributed by atoms with Crippen LogP contribution >= 0.6 is 0 Å². The van der Waals surface area contributed by atoms with E-state index in [4.69, 9.17) is 10.8 Å². The molecule has 15 heavy (non-hydrogen) atoms. The van der Waals surface area contributed by atoms with Crippen molar-refractivity contribution in [1.82, 2.24) is 4.98 Å². The van der Waals surface area contributed by atoms with Crippen molar-refractivity contribution in [3.63, 3.8) is 0 Å². The number of nitrogens with one attached hydrogen (secondary N) is 1. The molecule has 1 heterocycles. The highest BCUT2D eigenvalue weighted by Crippen LogP contribution is 2.13. The molecule has 0 aliphatic heterocycles. The van der Waals surface area contributed by atoms with E-state index in [0.29, 0.717) is 11.5 Å². The summed E-state index contributed by atoms with van der Waals surface area (Å²) >= 11 is 0. The van der Waals surface area contributed by atoms with Gasteiger partial charge in [0.05, 0.1) is 11.9 Å². The van der Waals surface area contributed by atoms with Gasteiger partial charge in [0.1, 0.15) is 11.9 Å². The van der Waals surface area contributed by atoms with Gasteiger partial charge >= 0.3 is 0 Å². The van der Waals surface area contributed by atoms with E-state index in [0.717, 1.165) is 5.56 Å². The van der Waals surface area contributed by atoms with E-state index >= 15 is 0 Å². The first kappa shape index (κ1) is 11.6. The van der Waals surface area contributed by atoms with E-state index in [-0.39, 0.29) is 6.54 Å². The fourth-order valence-electron chi connectivity index (χ4n) is 0.961. The fourth-order valence-corrected chi connectivity index (χ4v) is 0.961. The maximum absolute atomic E-state index is 11.9. The van der Waals surface area contributed by atoms with Crippen molar-refractivity contribution in [3.8, 4) is 0 Å². The normalized spacial score (nSPS) is 12.9. The number of nitrogen functional groups attached to an aromatic ring is 1. The van der Waals surface area contributed by atoms with Crippen LogP contribution in [0.1, 0.15) is 5.56 Å². The second-order valence-electron chi connectivity index (χ2n) is 3.21. The van der Waals surface area contributed by atoms with Crippen LogP contribution in [0.25, 0.3) is 0 Å². The number of alkyl halides is 2. The van der Waals surface area contributed by atoms with Crippen molar-refractivity contribution in [1.29, 1.82) is 0 Å². The molecule has 0 saturated carbocycles. The van der Waals surface area contributed by atoms with Crippen LogP contribution in [0.4, 0.5) is 20.3 Å². The molecule has 1 unspecified atom stereocenters. The topological polar surface area (TPSA) is 71.2 Å². The quantitative estimate of drug-likeness (QED) is 0.704.